The maximum atomic E-state index is 13.3. The fraction of sp³-hybridized carbons (Fsp3) is 0.462. The van der Waals surface area contributed by atoms with Gasteiger partial charge in [0.2, 0.25) is 15.9 Å². The van der Waals surface area contributed by atoms with Crippen molar-refractivity contribution in [2.45, 2.75) is 49.1 Å². The Balaban J connectivity index is 1.42. The summed E-state index contributed by atoms with van der Waals surface area (Å²) in [4.78, 5) is 26.1. The zero-order chi connectivity index (χ0) is 26.3. The van der Waals surface area contributed by atoms with Gasteiger partial charge in [-0.1, -0.05) is 0 Å². The third-order valence-electron chi connectivity index (χ3n) is 6.61. The third-order valence-corrected chi connectivity index (χ3v) is 8.15. The molecule has 0 radical (unpaired) electrons. The van der Waals surface area contributed by atoms with Gasteiger partial charge in [0.05, 0.1) is 4.90 Å². The Bertz CT molecular complexity index is 1160. The largest absolute Gasteiger partial charge is 0.381 e. The lowest BCUT2D eigenvalue weighted by atomic mass is 9.92. The van der Waals surface area contributed by atoms with Crippen molar-refractivity contribution in [3.05, 3.63) is 59.9 Å². The second kappa shape index (κ2) is 12.6. The Hall–Kier alpha value is -2.86. The summed E-state index contributed by atoms with van der Waals surface area (Å²) in [5.74, 6) is -1.16. The smallest absolute Gasteiger partial charge is 0.251 e. The molecule has 9 nitrogen and oxygen atoms in total. The Morgan fingerprint density at radius 3 is 2.11 bits per heavy atom. The number of anilines is 1. The van der Waals surface area contributed by atoms with Crippen molar-refractivity contribution in [2.24, 2.45) is 5.92 Å². The lowest BCUT2D eigenvalue weighted by Gasteiger charge is -2.27. The van der Waals surface area contributed by atoms with E-state index < -0.39 is 33.7 Å². The molecule has 4 rings (SSSR count). The van der Waals surface area contributed by atoms with E-state index >= 15 is 0 Å². The van der Waals surface area contributed by atoms with E-state index in [1.54, 1.807) is 0 Å². The van der Waals surface area contributed by atoms with E-state index in [0.29, 0.717) is 51.4 Å². The number of benzene rings is 2. The minimum absolute atomic E-state index is 0.0976. The first-order valence-corrected chi connectivity index (χ1v) is 13.9. The van der Waals surface area contributed by atoms with Gasteiger partial charge in [-0.3, -0.25) is 9.59 Å². The molecule has 2 aromatic carbocycles. The average Bonchev–Trinajstić information content (AvgIpc) is 2.90. The van der Waals surface area contributed by atoms with Crippen LogP contribution in [-0.4, -0.2) is 58.7 Å². The summed E-state index contributed by atoms with van der Waals surface area (Å²) in [6.45, 7) is 2.24. The van der Waals surface area contributed by atoms with Gasteiger partial charge in [0.15, 0.2) is 0 Å². The number of ether oxygens (including phenoxy) is 2. The normalized spacial score (nSPS) is 18.2. The standard InChI is InChI=1S/C26H32FN3O6S/c27-20-3-1-19(2-4-20)25(31)29-24(17-18-9-13-35-14-10-18)26(32)28-21-5-7-23(8-6-21)37(33,34)30-22-11-15-36-16-12-22/h1-8,18,22,24,30H,9-17H2,(H,28,32)(H,29,31)/t24-/m0/s1. The van der Waals surface area contributed by atoms with E-state index in [-0.39, 0.29) is 22.4 Å². The SMILES string of the molecule is O=C(N[C@@H](CC1CCOCC1)C(=O)Nc1ccc(S(=O)(=O)NC2CCOCC2)cc1)c1ccc(F)cc1. The van der Waals surface area contributed by atoms with E-state index in [0.717, 1.165) is 12.8 Å². The minimum Gasteiger partial charge on any atom is -0.381 e. The van der Waals surface area contributed by atoms with Crippen molar-refractivity contribution in [3.8, 4) is 0 Å². The highest BCUT2D eigenvalue weighted by Crippen LogP contribution is 2.22. The number of carbonyl (C=O) groups is 2. The van der Waals surface area contributed by atoms with E-state index in [1.807, 2.05) is 0 Å². The molecule has 0 bridgehead atoms. The summed E-state index contributed by atoms with van der Waals surface area (Å²) >= 11 is 0. The number of hydrogen-bond donors (Lipinski definition) is 3. The predicted octanol–water partition coefficient (Wildman–Crippen LogP) is 2.84. The highest BCUT2D eigenvalue weighted by atomic mass is 32.2. The zero-order valence-corrected chi connectivity index (χ0v) is 21.3. The summed E-state index contributed by atoms with van der Waals surface area (Å²) in [6.07, 6.45) is 3.21. The molecule has 2 heterocycles. The molecule has 2 fully saturated rings. The van der Waals surface area contributed by atoms with Gasteiger partial charge in [-0.05, 0) is 86.6 Å². The summed E-state index contributed by atoms with van der Waals surface area (Å²) in [5.41, 5.74) is 0.654. The second-order valence-electron chi connectivity index (χ2n) is 9.35. The monoisotopic (exact) mass is 533 g/mol. The molecule has 1 atom stereocenters. The quantitative estimate of drug-likeness (QED) is 0.456. The lowest BCUT2D eigenvalue weighted by molar-refractivity contribution is -0.118. The number of rotatable bonds is 9. The number of amides is 2. The van der Waals surface area contributed by atoms with Gasteiger partial charge < -0.3 is 20.1 Å². The van der Waals surface area contributed by atoms with Crippen molar-refractivity contribution in [2.75, 3.05) is 31.7 Å². The minimum atomic E-state index is -3.70. The summed E-state index contributed by atoms with van der Waals surface area (Å²) in [7, 11) is -3.70. The molecule has 200 valence electrons. The number of sulfonamides is 1. The number of halogens is 1. The van der Waals surface area contributed by atoms with Gasteiger partial charge in [-0.15, -0.1) is 0 Å². The van der Waals surface area contributed by atoms with Gasteiger partial charge >= 0.3 is 0 Å². The number of hydrogen-bond acceptors (Lipinski definition) is 6. The van der Waals surface area contributed by atoms with Crippen molar-refractivity contribution in [3.63, 3.8) is 0 Å². The van der Waals surface area contributed by atoms with Crippen LogP contribution >= 0.6 is 0 Å². The van der Waals surface area contributed by atoms with Gasteiger partial charge in [-0.2, -0.15) is 0 Å². The first kappa shape index (κ1) is 27.2. The van der Waals surface area contributed by atoms with Crippen LogP contribution in [0.25, 0.3) is 0 Å². The number of carbonyl (C=O) groups excluding carboxylic acids is 2. The topological polar surface area (TPSA) is 123 Å². The fourth-order valence-electron chi connectivity index (χ4n) is 4.44. The van der Waals surface area contributed by atoms with Crippen molar-refractivity contribution in [1.82, 2.24) is 10.0 Å². The molecule has 2 saturated heterocycles. The van der Waals surface area contributed by atoms with Gasteiger partial charge in [-0.25, -0.2) is 17.5 Å². The van der Waals surface area contributed by atoms with Crippen molar-refractivity contribution in [1.29, 1.82) is 0 Å². The molecular weight excluding hydrogens is 501 g/mol. The van der Waals surface area contributed by atoms with Crippen LogP contribution in [0.3, 0.4) is 0 Å². The van der Waals surface area contributed by atoms with E-state index in [4.69, 9.17) is 9.47 Å². The maximum absolute atomic E-state index is 13.3. The molecule has 2 aliphatic rings. The van der Waals surface area contributed by atoms with E-state index in [9.17, 15) is 22.4 Å². The van der Waals surface area contributed by atoms with Crippen LogP contribution in [0.4, 0.5) is 10.1 Å². The van der Waals surface area contributed by atoms with Crippen molar-refractivity contribution >= 4 is 27.5 Å². The van der Waals surface area contributed by atoms with Crippen LogP contribution in [-0.2, 0) is 24.3 Å². The Morgan fingerprint density at radius 2 is 1.49 bits per heavy atom. The summed E-state index contributed by atoms with van der Waals surface area (Å²) in [5, 5.41) is 5.55. The summed E-state index contributed by atoms with van der Waals surface area (Å²) in [6, 6.07) is 10.00. The van der Waals surface area contributed by atoms with Crippen molar-refractivity contribution < 1.29 is 31.9 Å². The zero-order valence-electron chi connectivity index (χ0n) is 20.5. The van der Waals surface area contributed by atoms with Crippen LogP contribution in [0.5, 0.6) is 0 Å². The van der Waals surface area contributed by atoms with Gasteiger partial charge in [0, 0.05) is 43.7 Å². The van der Waals surface area contributed by atoms with Crippen LogP contribution in [0.15, 0.2) is 53.4 Å². The molecule has 37 heavy (non-hydrogen) atoms. The van der Waals surface area contributed by atoms with Crippen LogP contribution < -0.4 is 15.4 Å². The third kappa shape index (κ3) is 7.81. The number of nitrogens with one attached hydrogen (secondary N) is 3. The first-order valence-electron chi connectivity index (χ1n) is 12.5. The molecule has 2 aliphatic heterocycles. The molecule has 2 aromatic rings. The fourth-order valence-corrected chi connectivity index (χ4v) is 5.74. The molecule has 0 spiro atoms. The summed E-state index contributed by atoms with van der Waals surface area (Å²) < 4.78 is 52.1. The lowest BCUT2D eigenvalue weighted by Crippen LogP contribution is -2.45. The van der Waals surface area contributed by atoms with Gasteiger partial charge in [0.1, 0.15) is 11.9 Å². The second-order valence-corrected chi connectivity index (χ2v) is 11.1. The molecule has 0 aliphatic carbocycles. The molecule has 11 heteroatoms. The molecule has 3 N–H and O–H groups in total. The van der Waals surface area contributed by atoms with Crippen LogP contribution in [0.1, 0.15) is 42.5 Å². The molecule has 0 aromatic heterocycles. The van der Waals surface area contributed by atoms with E-state index in [1.165, 1.54) is 48.5 Å². The molecule has 0 unspecified atom stereocenters. The Kier molecular flexibility index (Phi) is 9.25. The van der Waals surface area contributed by atoms with E-state index in [2.05, 4.69) is 15.4 Å². The van der Waals surface area contributed by atoms with Gasteiger partial charge in [0.25, 0.3) is 5.91 Å². The first-order chi connectivity index (χ1) is 17.8. The maximum Gasteiger partial charge on any atom is 0.251 e. The Labute approximate surface area is 216 Å². The molecular formula is C26H32FN3O6S. The highest BCUT2D eigenvalue weighted by Gasteiger charge is 2.27. The van der Waals surface area contributed by atoms with Crippen LogP contribution in [0, 0.1) is 11.7 Å². The van der Waals surface area contributed by atoms with Crippen LogP contribution in [0.2, 0.25) is 0 Å². The molecule has 0 saturated carbocycles. The molecule has 2 amide bonds. The Morgan fingerprint density at radius 1 is 0.892 bits per heavy atom. The predicted molar refractivity (Wildman–Crippen MR) is 135 cm³/mol. The highest BCUT2D eigenvalue weighted by molar-refractivity contribution is 7.89. The average molecular weight is 534 g/mol.